The molecule has 23 heteroatoms. The van der Waals surface area contributed by atoms with Gasteiger partial charge in [0, 0.05) is 17.7 Å². The normalized spacial score (nSPS) is 12.3. The Bertz CT molecular complexity index is 1890. The van der Waals surface area contributed by atoms with Crippen molar-refractivity contribution in [2.24, 2.45) is 22.9 Å². The molecule has 2 atom stereocenters. The Morgan fingerprint density at radius 2 is 1.52 bits per heavy atom. The Labute approximate surface area is 305 Å². The predicted octanol–water partition coefficient (Wildman–Crippen LogP) is -3.31. The lowest BCUT2D eigenvalue weighted by atomic mass is 9.85. The molecule has 0 saturated heterocycles. The maximum Gasteiger partial charge on any atom is 0.338 e. The Balaban J connectivity index is 0.000000404. The third kappa shape index (κ3) is 11.5. The second-order valence-corrected chi connectivity index (χ2v) is 11.3. The van der Waals surface area contributed by atoms with Crippen molar-refractivity contribution in [2.45, 2.75) is 50.2 Å². The van der Waals surface area contributed by atoms with Crippen LogP contribution < -0.4 is 44.9 Å². The number of aromatic nitrogens is 4. The number of benzene rings is 1. The number of nitrogens with two attached hydrogens (primary N) is 5. The topological polar surface area (TPSA) is 409 Å². The lowest BCUT2D eigenvalue weighted by molar-refractivity contribution is -0.170. The molecule has 3 rings (SSSR count). The van der Waals surface area contributed by atoms with E-state index in [4.69, 9.17) is 38.9 Å². The zero-order chi connectivity index (χ0) is 40.6. The first kappa shape index (κ1) is 43.7. The zero-order valence-corrected chi connectivity index (χ0v) is 28.8. The molecule has 0 aliphatic carbocycles. The summed E-state index contributed by atoms with van der Waals surface area (Å²) in [5.74, 6) is -7.79. The van der Waals surface area contributed by atoms with Gasteiger partial charge in [0.2, 0.25) is 23.3 Å². The fraction of sp³-hybridized carbons (Fsp3) is 0.387. The van der Waals surface area contributed by atoms with E-state index in [9.17, 15) is 43.5 Å². The van der Waals surface area contributed by atoms with Crippen LogP contribution in [0.5, 0.6) is 0 Å². The van der Waals surface area contributed by atoms with Gasteiger partial charge in [-0.2, -0.15) is 4.98 Å². The predicted molar refractivity (Wildman–Crippen MR) is 189 cm³/mol. The number of carboxylic acid groups (broad SMARTS) is 3. The van der Waals surface area contributed by atoms with Gasteiger partial charge in [0.05, 0.1) is 38.1 Å². The first-order chi connectivity index (χ1) is 25.5. The van der Waals surface area contributed by atoms with Gasteiger partial charge in [-0.1, -0.05) is 0 Å². The smallest absolute Gasteiger partial charge is 0.338 e. The van der Waals surface area contributed by atoms with Crippen LogP contribution in [0.1, 0.15) is 48.2 Å². The highest BCUT2D eigenvalue weighted by Crippen LogP contribution is 2.25. The summed E-state index contributed by atoms with van der Waals surface area (Å²) in [5, 5.41) is 32.7. The van der Waals surface area contributed by atoms with Crippen molar-refractivity contribution in [1.29, 1.82) is 0 Å². The third-order valence-corrected chi connectivity index (χ3v) is 7.58. The number of fused-ring (bicyclic) bond motifs is 1. The largest absolute Gasteiger partial charge is 0.481 e. The van der Waals surface area contributed by atoms with Crippen LogP contribution in [-0.4, -0.2) is 119 Å². The summed E-state index contributed by atoms with van der Waals surface area (Å²) in [6.07, 6.45) is 1.16. The van der Waals surface area contributed by atoms with Gasteiger partial charge in [-0.3, -0.25) is 38.7 Å². The number of anilines is 2. The number of H-pyrrole nitrogens is 1. The molecule has 0 saturated carbocycles. The lowest BCUT2D eigenvalue weighted by Gasteiger charge is -2.37. The van der Waals surface area contributed by atoms with Crippen molar-refractivity contribution in [2.75, 3.05) is 37.2 Å². The van der Waals surface area contributed by atoms with Crippen LogP contribution in [0.15, 0.2) is 35.3 Å². The van der Waals surface area contributed by atoms with Gasteiger partial charge in [0.1, 0.15) is 6.04 Å². The Morgan fingerprint density at radius 1 is 0.889 bits per heavy atom. The van der Waals surface area contributed by atoms with E-state index in [-0.39, 0.29) is 61.4 Å². The maximum atomic E-state index is 12.3. The summed E-state index contributed by atoms with van der Waals surface area (Å²) < 4.78 is 0. The lowest BCUT2D eigenvalue weighted by Crippen LogP contribution is -2.67. The number of imide groups is 1. The molecule has 3 amide bonds. The molecule has 0 radical (unpaired) electrons. The van der Waals surface area contributed by atoms with Gasteiger partial charge < -0.3 is 54.6 Å². The monoisotopic (exact) mass is 758 g/mol. The molecule has 23 nitrogen and oxygen atoms in total. The minimum Gasteiger partial charge on any atom is -0.481 e. The van der Waals surface area contributed by atoms with Gasteiger partial charge >= 0.3 is 17.9 Å². The number of amides is 3. The number of hydrogen-bond donors (Lipinski definition) is 11. The van der Waals surface area contributed by atoms with E-state index in [2.05, 4.69) is 30.6 Å². The summed E-state index contributed by atoms with van der Waals surface area (Å²) in [6, 6.07) is 4.86. The van der Waals surface area contributed by atoms with E-state index in [1.807, 2.05) is 0 Å². The third-order valence-electron chi connectivity index (χ3n) is 7.58. The average Bonchev–Trinajstić information content (AvgIpc) is 3.14. The molecule has 16 N–H and O–H groups in total. The summed E-state index contributed by atoms with van der Waals surface area (Å²) in [5.41, 5.74) is 25.1. The summed E-state index contributed by atoms with van der Waals surface area (Å²) in [4.78, 5) is 109. The SMILES string of the molecule is NCCCC[C@](C(=O)O)(C(=O)CN)N(C(=O)CN)C(=O)CN.Nc1nc2ncc(CNc3ccc(C(=O)N[C@@H](CCC(=O)O)C(=O)O)cc3)nc2c(=O)[nH]1. The van der Waals surface area contributed by atoms with E-state index >= 15 is 0 Å². The van der Waals surface area contributed by atoms with Gasteiger partial charge in [-0.15, -0.1) is 0 Å². The first-order valence-corrected chi connectivity index (χ1v) is 16.1. The Kier molecular flexibility index (Phi) is 16.7. The second kappa shape index (κ2) is 20.6. The molecule has 1 aromatic carbocycles. The Hall–Kier alpha value is -6.43. The fourth-order valence-electron chi connectivity index (χ4n) is 4.89. The summed E-state index contributed by atoms with van der Waals surface area (Å²) in [6.45, 7) is -1.44. The molecule has 2 heterocycles. The van der Waals surface area contributed by atoms with Crippen LogP contribution in [0.3, 0.4) is 0 Å². The molecule has 2 aromatic heterocycles. The molecule has 0 bridgehead atoms. The number of carbonyl (C=O) groups is 7. The first-order valence-electron chi connectivity index (χ1n) is 16.1. The number of unbranched alkanes of at least 4 members (excludes halogenated alkanes) is 1. The van der Waals surface area contributed by atoms with Gasteiger partial charge in [-0.25, -0.2) is 19.6 Å². The second-order valence-electron chi connectivity index (χ2n) is 11.3. The van der Waals surface area contributed by atoms with Crippen molar-refractivity contribution in [3.63, 3.8) is 0 Å². The fourth-order valence-corrected chi connectivity index (χ4v) is 4.89. The number of ketones is 1. The number of hydrogen-bond acceptors (Lipinski definition) is 17. The number of carbonyl (C=O) groups excluding carboxylic acids is 4. The highest BCUT2D eigenvalue weighted by Gasteiger charge is 2.53. The highest BCUT2D eigenvalue weighted by atomic mass is 16.4. The van der Waals surface area contributed by atoms with E-state index in [0.717, 1.165) is 0 Å². The number of nitrogens with one attached hydrogen (secondary N) is 3. The molecule has 54 heavy (non-hydrogen) atoms. The van der Waals surface area contributed by atoms with Crippen molar-refractivity contribution in [1.82, 2.24) is 30.2 Å². The van der Waals surface area contributed by atoms with Crippen molar-refractivity contribution in [3.05, 3.63) is 52.1 Å². The Morgan fingerprint density at radius 3 is 2.04 bits per heavy atom. The van der Waals surface area contributed by atoms with Gasteiger partial charge in [0.25, 0.3) is 11.5 Å². The molecule has 0 aliphatic heterocycles. The van der Waals surface area contributed by atoms with Crippen LogP contribution in [0.25, 0.3) is 11.2 Å². The van der Waals surface area contributed by atoms with E-state index < -0.39 is 78.2 Å². The quantitative estimate of drug-likeness (QED) is 0.0421. The van der Waals surface area contributed by atoms with E-state index in [1.165, 1.54) is 18.3 Å². The van der Waals surface area contributed by atoms with Crippen LogP contribution >= 0.6 is 0 Å². The van der Waals surface area contributed by atoms with Crippen LogP contribution in [0.2, 0.25) is 0 Å². The number of aromatic amines is 1. The number of Topliss-reactive ketones (excluding diaryl/α,β-unsaturated/α-hetero) is 1. The molecular formula is C31H42N12O11. The zero-order valence-electron chi connectivity index (χ0n) is 28.8. The number of nitrogen functional groups attached to an aromatic ring is 1. The van der Waals surface area contributed by atoms with Gasteiger partial charge in [-0.05, 0) is 56.5 Å². The summed E-state index contributed by atoms with van der Waals surface area (Å²) >= 11 is 0. The molecule has 0 unspecified atom stereocenters. The molecule has 0 aliphatic rings. The average molecular weight is 759 g/mol. The molecule has 0 fully saturated rings. The standard InChI is InChI=1S/C19H19N7O6.C12H23N5O5/c20-19-25-15-14(17(30)26-19)23-11(8-22-15)7-21-10-3-1-9(2-4-10)16(29)24-12(18(31)32)5-6-13(27)28;13-4-2-1-3-12(11(21)22,8(18)5-14)17(9(19)6-15)10(20)7-16/h1-4,8,12,21H,5-7H2,(H,24,29)(H,27,28)(H,31,32)(H3,20,22,25,26,30);1-7,13-16H2,(H,21,22)/t2*12-/m01/s1. The van der Waals surface area contributed by atoms with Crippen molar-refractivity contribution < 1.29 is 48.9 Å². The van der Waals surface area contributed by atoms with Crippen molar-refractivity contribution in [3.8, 4) is 0 Å². The molecule has 0 spiro atoms. The number of rotatable bonds is 19. The van der Waals surface area contributed by atoms with Crippen LogP contribution in [-0.2, 0) is 35.3 Å². The van der Waals surface area contributed by atoms with Crippen molar-refractivity contribution >= 4 is 64.2 Å². The molecular weight excluding hydrogens is 716 g/mol. The molecule has 292 valence electrons. The highest BCUT2D eigenvalue weighted by molar-refractivity contribution is 6.16. The maximum absolute atomic E-state index is 12.3. The number of aliphatic carboxylic acids is 3. The number of nitrogens with zero attached hydrogens (tertiary/aromatic N) is 4. The minimum absolute atomic E-state index is 0.0524. The van der Waals surface area contributed by atoms with E-state index in [1.54, 1.807) is 12.1 Å². The van der Waals surface area contributed by atoms with Crippen LogP contribution in [0.4, 0.5) is 11.6 Å². The van der Waals surface area contributed by atoms with E-state index in [0.29, 0.717) is 22.7 Å². The number of carboxylic acids is 3. The molecule has 3 aromatic rings. The van der Waals surface area contributed by atoms with Crippen LogP contribution in [0, 0.1) is 0 Å². The van der Waals surface area contributed by atoms with Gasteiger partial charge in [0.15, 0.2) is 16.9 Å². The summed E-state index contributed by atoms with van der Waals surface area (Å²) in [7, 11) is 0. The minimum atomic E-state index is -2.41.